The average molecular weight is 452 g/mol. The van der Waals surface area contributed by atoms with Crippen LogP contribution in [0.3, 0.4) is 0 Å². The minimum Gasteiger partial charge on any atom is -0.497 e. The van der Waals surface area contributed by atoms with Crippen molar-refractivity contribution in [3.63, 3.8) is 0 Å². The molecule has 34 heavy (non-hydrogen) atoms. The third-order valence-corrected chi connectivity index (χ3v) is 5.83. The molecule has 0 aliphatic heterocycles. The highest BCUT2D eigenvalue weighted by Gasteiger charge is 2.24. The van der Waals surface area contributed by atoms with Gasteiger partial charge in [-0.25, -0.2) is 9.97 Å². The molecular formula is C27H25N5O2. The standard InChI is InChI=1S/C27H25N5O2/c1-34-20-15-13-19(14-16-20)32-25(28)23(24-26(32)31-22-12-6-5-11-21(22)30-24)27(33)29-17-7-10-18-8-3-2-4-9-18/h2-6,8-9,11-16H,7,10,17,28H2,1H3,(H,29,33). The Hall–Kier alpha value is -4.39. The van der Waals surface area contributed by atoms with E-state index in [1.165, 1.54) is 5.56 Å². The van der Waals surface area contributed by atoms with Gasteiger partial charge in [0.2, 0.25) is 0 Å². The van der Waals surface area contributed by atoms with Gasteiger partial charge in [0.05, 0.1) is 18.1 Å². The van der Waals surface area contributed by atoms with E-state index in [1.54, 1.807) is 11.7 Å². The van der Waals surface area contributed by atoms with Gasteiger partial charge >= 0.3 is 0 Å². The summed E-state index contributed by atoms with van der Waals surface area (Å²) < 4.78 is 7.05. The molecule has 2 heterocycles. The largest absolute Gasteiger partial charge is 0.497 e. The number of aryl methyl sites for hydroxylation is 1. The van der Waals surface area contributed by atoms with Crippen molar-refractivity contribution in [1.82, 2.24) is 19.9 Å². The van der Waals surface area contributed by atoms with Gasteiger partial charge in [-0.05, 0) is 54.8 Å². The van der Waals surface area contributed by atoms with E-state index in [1.807, 2.05) is 66.7 Å². The van der Waals surface area contributed by atoms with Gasteiger partial charge in [0.1, 0.15) is 22.6 Å². The number of nitrogen functional groups attached to an aromatic ring is 1. The van der Waals surface area contributed by atoms with E-state index >= 15 is 0 Å². The fourth-order valence-corrected chi connectivity index (χ4v) is 4.11. The number of amides is 1. The van der Waals surface area contributed by atoms with Crippen molar-refractivity contribution < 1.29 is 9.53 Å². The number of hydrogen-bond donors (Lipinski definition) is 2. The van der Waals surface area contributed by atoms with E-state index in [9.17, 15) is 4.79 Å². The summed E-state index contributed by atoms with van der Waals surface area (Å²) in [5.74, 6) is 0.773. The SMILES string of the molecule is COc1ccc(-n2c(N)c(C(=O)NCCCc3ccccc3)c3nc4ccccc4nc32)cc1. The molecule has 5 aromatic rings. The Balaban J connectivity index is 1.51. The fourth-order valence-electron chi connectivity index (χ4n) is 4.11. The Labute approximate surface area is 197 Å². The zero-order valence-electron chi connectivity index (χ0n) is 18.9. The molecule has 0 aliphatic rings. The molecule has 0 radical (unpaired) electrons. The molecule has 0 atom stereocenters. The summed E-state index contributed by atoms with van der Waals surface area (Å²) in [4.78, 5) is 22.9. The Morgan fingerprint density at radius 2 is 1.62 bits per heavy atom. The molecule has 3 N–H and O–H groups in total. The number of nitrogens with one attached hydrogen (secondary N) is 1. The number of fused-ring (bicyclic) bond motifs is 2. The summed E-state index contributed by atoms with van der Waals surface area (Å²) >= 11 is 0. The van der Waals surface area contributed by atoms with Crippen LogP contribution < -0.4 is 15.8 Å². The quantitative estimate of drug-likeness (QED) is 0.355. The van der Waals surface area contributed by atoms with Crippen molar-refractivity contribution in [2.75, 3.05) is 19.4 Å². The van der Waals surface area contributed by atoms with Crippen LogP contribution in [0.15, 0.2) is 78.9 Å². The number of nitrogens with zero attached hydrogens (tertiary/aromatic N) is 3. The van der Waals surface area contributed by atoms with Gasteiger partial charge < -0.3 is 15.8 Å². The number of nitrogens with two attached hydrogens (primary N) is 1. The summed E-state index contributed by atoms with van der Waals surface area (Å²) in [5.41, 5.74) is 11.4. The van der Waals surface area contributed by atoms with Crippen LogP contribution in [0.1, 0.15) is 22.3 Å². The summed E-state index contributed by atoms with van der Waals surface area (Å²) in [7, 11) is 1.62. The summed E-state index contributed by atoms with van der Waals surface area (Å²) in [6.45, 7) is 0.531. The third-order valence-electron chi connectivity index (χ3n) is 5.83. The molecule has 0 saturated carbocycles. The minimum absolute atomic E-state index is 0.257. The van der Waals surface area contributed by atoms with E-state index in [-0.39, 0.29) is 5.91 Å². The van der Waals surface area contributed by atoms with Crippen molar-refractivity contribution in [3.8, 4) is 11.4 Å². The predicted octanol–water partition coefficient (Wildman–Crippen LogP) is 4.53. The number of methoxy groups -OCH3 is 1. The highest BCUT2D eigenvalue weighted by molar-refractivity contribution is 6.11. The Morgan fingerprint density at radius 1 is 0.941 bits per heavy atom. The highest BCUT2D eigenvalue weighted by Crippen LogP contribution is 2.31. The minimum atomic E-state index is -0.257. The van der Waals surface area contributed by atoms with Gasteiger partial charge in [-0.1, -0.05) is 42.5 Å². The van der Waals surface area contributed by atoms with E-state index in [0.29, 0.717) is 34.6 Å². The zero-order chi connectivity index (χ0) is 23.5. The molecule has 2 aromatic heterocycles. The molecule has 1 amide bonds. The van der Waals surface area contributed by atoms with Crippen LogP contribution in [-0.4, -0.2) is 34.1 Å². The molecule has 0 saturated heterocycles. The second kappa shape index (κ2) is 9.23. The number of anilines is 1. The molecule has 170 valence electrons. The predicted molar refractivity (Wildman–Crippen MR) is 134 cm³/mol. The van der Waals surface area contributed by atoms with Crippen LogP contribution in [0.4, 0.5) is 5.82 Å². The fraction of sp³-hybridized carbons (Fsp3) is 0.148. The smallest absolute Gasteiger partial charge is 0.257 e. The van der Waals surface area contributed by atoms with E-state index in [2.05, 4.69) is 17.4 Å². The number of carbonyl (C=O) groups excluding carboxylic acids is 1. The van der Waals surface area contributed by atoms with Crippen molar-refractivity contribution in [3.05, 3.63) is 90.0 Å². The maximum Gasteiger partial charge on any atom is 0.257 e. The first-order chi connectivity index (χ1) is 16.7. The van der Waals surface area contributed by atoms with E-state index in [4.69, 9.17) is 20.4 Å². The van der Waals surface area contributed by atoms with Crippen molar-refractivity contribution in [2.24, 2.45) is 0 Å². The Morgan fingerprint density at radius 3 is 2.32 bits per heavy atom. The number of benzene rings is 3. The summed E-state index contributed by atoms with van der Waals surface area (Å²) in [5, 5.41) is 3.01. The van der Waals surface area contributed by atoms with Crippen LogP contribution in [0.2, 0.25) is 0 Å². The maximum absolute atomic E-state index is 13.3. The van der Waals surface area contributed by atoms with Crippen LogP contribution in [0.25, 0.3) is 27.9 Å². The average Bonchev–Trinajstić information content (AvgIpc) is 3.16. The van der Waals surface area contributed by atoms with Crippen LogP contribution in [0, 0.1) is 0 Å². The first kappa shape index (κ1) is 21.5. The highest BCUT2D eigenvalue weighted by atomic mass is 16.5. The van der Waals surface area contributed by atoms with Crippen molar-refractivity contribution in [2.45, 2.75) is 12.8 Å². The molecule has 0 spiro atoms. The van der Waals surface area contributed by atoms with Crippen molar-refractivity contribution in [1.29, 1.82) is 0 Å². The maximum atomic E-state index is 13.3. The molecule has 5 rings (SSSR count). The molecule has 0 bridgehead atoms. The third kappa shape index (κ3) is 4.03. The second-order valence-electron chi connectivity index (χ2n) is 8.02. The zero-order valence-corrected chi connectivity index (χ0v) is 18.9. The number of ether oxygens (including phenoxy) is 1. The molecule has 7 nitrogen and oxygen atoms in total. The first-order valence-electron chi connectivity index (χ1n) is 11.2. The molecular weight excluding hydrogens is 426 g/mol. The van der Waals surface area contributed by atoms with Crippen LogP contribution >= 0.6 is 0 Å². The van der Waals surface area contributed by atoms with Gasteiger partial charge in [-0.15, -0.1) is 0 Å². The van der Waals surface area contributed by atoms with Crippen LogP contribution in [-0.2, 0) is 6.42 Å². The molecule has 0 aliphatic carbocycles. The summed E-state index contributed by atoms with van der Waals surface area (Å²) in [6, 6.07) is 25.2. The first-order valence-corrected chi connectivity index (χ1v) is 11.2. The number of carbonyl (C=O) groups is 1. The Bertz CT molecular complexity index is 1460. The van der Waals surface area contributed by atoms with Gasteiger partial charge in [0.25, 0.3) is 5.91 Å². The number of para-hydroxylation sites is 2. The normalized spacial score (nSPS) is 11.1. The lowest BCUT2D eigenvalue weighted by atomic mass is 10.1. The lowest BCUT2D eigenvalue weighted by Crippen LogP contribution is -2.25. The van der Waals surface area contributed by atoms with Crippen molar-refractivity contribution >= 4 is 33.9 Å². The molecule has 3 aromatic carbocycles. The Kier molecular flexibility index (Phi) is 5.82. The van der Waals surface area contributed by atoms with Gasteiger partial charge in [-0.2, -0.15) is 0 Å². The number of aromatic nitrogens is 3. The number of hydrogen-bond acceptors (Lipinski definition) is 5. The second-order valence-corrected chi connectivity index (χ2v) is 8.02. The lowest BCUT2D eigenvalue weighted by Gasteiger charge is -2.09. The van der Waals surface area contributed by atoms with Crippen LogP contribution in [0.5, 0.6) is 5.75 Å². The van der Waals surface area contributed by atoms with Gasteiger partial charge in [-0.3, -0.25) is 9.36 Å². The van der Waals surface area contributed by atoms with Gasteiger partial charge in [0, 0.05) is 12.2 Å². The van der Waals surface area contributed by atoms with E-state index < -0.39 is 0 Å². The lowest BCUT2D eigenvalue weighted by molar-refractivity contribution is 0.0955. The summed E-state index contributed by atoms with van der Waals surface area (Å²) in [6.07, 6.45) is 1.70. The molecule has 0 fully saturated rings. The number of rotatable bonds is 7. The topological polar surface area (TPSA) is 95.1 Å². The van der Waals surface area contributed by atoms with E-state index in [0.717, 1.165) is 29.8 Å². The van der Waals surface area contributed by atoms with Gasteiger partial charge in [0.15, 0.2) is 5.65 Å². The monoisotopic (exact) mass is 451 g/mol. The molecule has 7 heteroatoms. The molecule has 0 unspecified atom stereocenters.